The van der Waals surface area contributed by atoms with Crippen molar-refractivity contribution in [3.05, 3.63) is 0 Å². The van der Waals surface area contributed by atoms with Gasteiger partial charge < -0.3 is 20.5 Å². The van der Waals surface area contributed by atoms with Gasteiger partial charge in [0.05, 0.1) is 18.8 Å². The maximum absolute atomic E-state index is 12.6. The first kappa shape index (κ1) is 18.4. The second-order valence-electron chi connectivity index (χ2n) is 6.82. The molecule has 3 N–H and O–H groups in total. The summed E-state index contributed by atoms with van der Waals surface area (Å²) in [5.74, 6) is 0.205. The van der Waals surface area contributed by atoms with E-state index in [-0.39, 0.29) is 23.5 Å². The fourth-order valence-electron chi connectivity index (χ4n) is 2.76. The second kappa shape index (κ2) is 7.07. The Hall–Kier alpha value is -0.650. The van der Waals surface area contributed by atoms with E-state index < -0.39 is 5.54 Å². The number of nitrogens with two attached hydrogens (primary N) is 1. The molecule has 5 heteroatoms. The molecule has 0 spiro atoms. The molecular weight excluding hydrogens is 268 g/mol. The predicted molar refractivity (Wildman–Crippen MR) is 84.0 cm³/mol. The van der Waals surface area contributed by atoms with E-state index in [1.165, 1.54) is 0 Å². The molecule has 124 valence electrons. The molecule has 1 amide bonds. The van der Waals surface area contributed by atoms with Crippen molar-refractivity contribution in [3.63, 3.8) is 0 Å². The molecule has 3 atom stereocenters. The summed E-state index contributed by atoms with van der Waals surface area (Å²) in [5.41, 5.74) is 5.16. The van der Waals surface area contributed by atoms with Crippen molar-refractivity contribution in [1.82, 2.24) is 5.32 Å². The summed E-state index contributed by atoms with van der Waals surface area (Å²) in [6, 6.07) is -0.0141. The number of amides is 1. The number of hydrogen-bond acceptors (Lipinski definition) is 4. The van der Waals surface area contributed by atoms with Crippen molar-refractivity contribution in [2.75, 3.05) is 19.8 Å². The quantitative estimate of drug-likeness (QED) is 0.715. The Morgan fingerprint density at radius 1 is 1.33 bits per heavy atom. The van der Waals surface area contributed by atoms with Crippen molar-refractivity contribution in [2.24, 2.45) is 17.1 Å². The van der Waals surface area contributed by atoms with E-state index in [9.17, 15) is 4.79 Å². The first-order valence-electron chi connectivity index (χ1n) is 7.99. The fourth-order valence-corrected chi connectivity index (χ4v) is 2.76. The SMILES string of the molecule is CCOCC(NC(=O)C1(N)CC(OCC)C1(C)C)C(C)C. The van der Waals surface area contributed by atoms with Crippen molar-refractivity contribution < 1.29 is 14.3 Å². The van der Waals surface area contributed by atoms with Crippen molar-refractivity contribution in [2.45, 2.75) is 65.6 Å². The van der Waals surface area contributed by atoms with Crippen molar-refractivity contribution in [1.29, 1.82) is 0 Å². The second-order valence-corrected chi connectivity index (χ2v) is 6.82. The molecule has 0 bridgehead atoms. The highest BCUT2D eigenvalue weighted by molar-refractivity contribution is 5.89. The fraction of sp³-hybridized carbons (Fsp3) is 0.938. The maximum atomic E-state index is 12.6. The lowest BCUT2D eigenvalue weighted by Gasteiger charge is -2.57. The van der Waals surface area contributed by atoms with Crippen LogP contribution in [0.4, 0.5) is 0 Å². The summed E-state index contributed by atoms with van der Waals surface area (Å²) in [6.07, 6.45) is 0.613. The average Bonchev–Trinajstić information content (AvgIpc) is 2.42. The van der Waals surface area contributed by atoms with Gasteiger partial charge >= 0.3 is 0 Å². The highest BCUT2D eigenvalue weighted by atomic mass is 16.5. The minimum Gasteiger partial charge on any atom is -0.380 e. The van der Waals surface area contributed by atoms with Crippen LogP contribution in [0.2, 0.25) is 0 Å². The van der Waals surface area contributed by atoms with E-state index in [0.29, 0.717) is 32.2 Å². The molecule has 0 aromatic rings. The van der Waals surface area contributed by atoms with Gasteiger partial charge in [-0.3, -0.25) is 4.79 Å². The third kappa shape index (κ3) is 3.58. The number of ether oxygens (including phenoxy) is 2. The van der Waals surface area contributed by atoms with Gasteiger partial charge in [-0.15, -0.1) is 0 Å². The topological polar surface area (TPSA) is 73.6 Å². The first-order chi connectivity index (χ1) is 9.70. The lowest BCUT2D eigenvalue weighted by atomic mass is 9.54. The van der Waals surface area contributed by atoms with Gasteiger partial charge in [-0.25, -0.2) is 0 Å². The van der Waals surface area contributed by atoms with Crippen LogP contribution >= 0.6 is 0 Å². The van der Waals surface area contributed by atoms with Crippen LogP contribution in [-0.2, 0) is 14.3 Å². The van der Waals surface area contributed by atoms with Crippen LogP contribution in [0, 0.1) is 11.3 Å². The van der Waals surface area contributed by atoms with Gasteiger partial charge in [-0.05, 0) is 19.8 Å². The van der Waals surface area contributed by atoms with E-state index >= 15 is 0 Å². The molecule has 0 aliphatic heterocycles. The van der Waals surface area contributed by atoms with Gasteiger partial charge in [-0.2, -0.15) is 0 Å². The average molecular weight is 300 g/mol. The van der Waals surface area contributed by atoms with Crippen LogP contribution in [0.1, 0.15) is 48.0 Å². The molecule has 1 aliphatic rings. The Balaban J connectivity index is 2.70. The lowest BCUT2D eigenvalue weighted by Crippen LogP contribution is -2.76. The van der Waals surface area contributed by atoms with Crippen molar-refractivity contribution >= 4 is 5.91 Å². The molecule has 0 aromatic heterocycles. The number of carbonyl (C=O) groups is 1. The summed E-state index contributed by atoms with van der Waals surface area (Å²) in [5, 5.41) is 3.07. The van der Waals surface area contributed by atoms with E-state index in [0.717, 1.165) is 0 Å². The molecule has 0 aromatic carbocycles. The number of nitrogens with one attached hydrogen (secondary N) is 1. The Morgan fingerprint density at radius 3 is 2.38 bits per heavy atom. The zero-order valence-electron chi connectivity index (χ0n) is 14.4. The van der Waals surface area contributed by atoms with E-state index in [4.69, 9.17) is 15.2 Å². The van der Waals surface area contributed by atoms with Gasteiger partial charge in [0.25, 0.3) is 0 Å². The van der Waals surface area contributed by atoms with Gasteiger partial charge in [0.15, 0.2) is 0 Å². The zero-order valence-corrected chi connectivity index (χ0v) is 14.4. The minimum absolute atomic E-state index is 0.0141. The summed E-state index contributed by atoms with van der Waals surface area (Å²) < 4.78 is 11.1. The predicted octanol–water partition coefficient (Wildman–Crippen LogP) is 1.70. The van der Waals surface area contributed by atoms with Crippen molar-refractivity contribution in [3.8, 4) is 0 Å². The van der Waals surface area contributed by atoms with Crippen LogP contribution in [-0.4, -0.2) is 43.4 Å². The van der Waals surface area contributed by atoms with Crippen LogP contribution in [0.15, 0.2) is 0 Å². The molecular formula is C16H32N2O3. The minimum atomic E-state index is -0.869. The Kier molecular flexibility index (Phi) is 6.20. The number of hydrogen-bond donors (Lipinski definition) is 2. The Labute approximate surface area is 128 Å². The molecule has 0 heterocycles. The molecule has 0 radical (unpaired) electrons. The van der Waals surface area contributed by atoms with Crippen LogP contribution in [0.25, 0.3) is 0 Å². The number of carbonyl (C=O) groups excluding carboxylic acids is 1. The van der Waals surface area contributed by atoms with Crippen LogP contribution in [0.5, 0.6) is 0 Å². The molecule has 21 heavy (non-hydrogen) atoms. The summed E-state index contributed by atoms with van der Waals surface area (Å²) in [4.78, 5) is 12.6. The third-order valence-electron chi connectivity index (χ3n) is 4.86. The van der Waals surface area contributed by atoms with Gasteiger partial charge in [-0.1, -0.05) is 27.7 Å². The van der Waals surface area contributed by atoms with E-state index in [1.54, 1.807) is 0 Å². The molecule has 1 aliphatic carbocycles. The van der Waals surface area contributed by atoms with Gasteiger partial charge in [0, 0.05) is 25.0 Å². The highest BCUT2D eigenvalue weighted by Crippen LogP contribution is 2.49. The normalized spacial score (nSPS) is 29.0. The molecule has 1 fully saturated rings. The van der Waals surface area contributed by atoms with Gasteiger partial charge in [0.1, 0.15) is 5.54 Å². The zero-order chi connectivity index (χ0) is 16.3. The first-order valence-corrected chi connectivity index (χ1v) is 7.99. The summed E-state index contributed by atoms with van der Waals surface area (Å²) in [6.45, 7) is 13.9. The smallest absolute Gasteiger partial charge is 0.241 e. The lowest BCUT2D eigenvalue weighted by molar-refractivity contribution is -0.171. The molecule has 1 saturated carbocycles. The summed E-state index contributed by atoms with van der Waals surface area (Å²) in [7, 11) is 0. The maximum Gasteiger partial charge on any atom is 0.241 e. The molecule has 0 saturated heterocycles. The monoisotopic (exact) mass is 300 g/mol. The van der Waals surface area contributed by atoms with E-state index in [2.05, 4.69) is 19.2 Å². The van der Waals surface area contributed by atoms with Gasteiger partial charge in [0.2, 0.25) is 5.91 Å². The third-order valence-corrected chi connectivity index (χ3v) is 4.86. The van der Waals surface area contributed by atoms with E-state index in [1.807, 2.05) is 27.7 Å². The number of rotatable bonds is 8. The highest BCUT2D eigenvalue weighted by Gasteiger charge is 2.63. The molecule has 5 nitrogen and oxygen atoms in total. The summed E-state index contributed by atoms with van der Waals surface area (Å²) >= 11 is 0. The Morgan fingerprint density at radius 2 is 1.95 bits per heavy atom. The standard InChI is InChI=1S/C16H32N2O3/c1-7-20-10-12(11(3)4)18-14(19)16(17)9-13(21-8-2)15(16,5)6/h11-13H,7-10,17H2,1-6H3,(H,18,19). The molecule has 1 rings (SSSR count). The largest absolute Gasteiger partial charge is 0.380 e. The molecule has 3 unspecified atom stereocenters. The van der Waals surface area contributed by atoms with Crippen LogP contribution < -0.4 is 11.1 Å². The Bertz CT molecular complexity index is 357. The van der Waals surface area contributed by atoms with Crippen LogP contribution in [0.3, 0.4) is 0 Å².